The van der Waals surface area contributed by atoms with Gasteiger partial charge in [-0.05, 0) is 18.6 Å². The van der Waals surface area contributed by atoms with E-state index in [9.17, 15) is 4.79 Å². The summed E-state index contributed by atoms with van der Waals surface area (Å²) in [4.78, 5) is 11.5. The molecule has 0 saturated heterocycles. The van der Waals surface area contributed by atoms with Crippen molar-refractivity contribution in [3.8, 4) is 0 Å². The smallest absolute Gasteiger partial charge is 0.241 e. The average Bonchev–Trinajstić information content (AvgIpc) is 2.92. The van der Waals surface area contributed by atoms with Gasteiger partial charge in [-0.1, -0.05) is 29.8 Å². The predicted octanol–water partition coefficient (Wildman–Crippen LogP) is 1.82. The lowest BCUT2D eigenvalue weighted by Crippen LogP contribution is -2.30. The van der Waals surface area contributed by atoms with Gasteiger partial charge in [0.2, 0.25) is 5.91 Å². The van der Waals surface area contributed by atoms with E-state index in [1.807, 2.05) is 31.2 Å². The molecule has 0 bridgehead atoms. The maximum Gasteiger partial charge on any atom is 0.241 e. The number of rotatable bonds is 7. The number of carbonyl (C=O) groups excluding carboxylic acids is 1. The molecule has 1 heterocycles. The predicted molar refractivity (Wildman–Crippen MR) is 85.8 cm³/mol. The van der Waals surface area contributed by atoms with Gasteiger partial charge >= 0.3 is 0 Å². The van der Waals surface area contributed by atoms with Gasteiger partial charge in [0.25, 0.3) is 0 Å². The van der Waals surface area contributed by atoms with Crippen LogP contribution in [-0.4, -0.2) is 33.9 Å². The summed E-state index contributed by atoms with van der Waals surface area (Å²) in [7, 11) is 0. The van der Waals surface area contributed by atoms with Crippen LogP contribution < -0.4 is 10.6 Å². The molecule has 0 radical (unpaired) electrons. The number of amides is 1. The number of benzene rings is 1. The highest BCUT2D eigenvalue weighted by Gasteiger charge is 2.10. The Morgan fingerprint density at radius 2 is 2.23 bits per heavy atom. The molecule has 0 aliphatic carbocycles. The molecule has 1 unspecified atom stereocenters. The third-order valence-electron chi connectivity index (χ3n) is 3.13. The Kier molecular flexibility index (Phi) is 5.80. The van der Waals surface area contributed by atoms with Crippen LogP contribution in [-0.2, 0) is 11.3 Å². The second-order valence-corrected chi connectivity index (χ2v) is 5.29. The van der Waals surface area contributed by atoms with Crippen molar-refractivity contribution in [2.75, 3.05) is 18.5 Å². The zero-order valence-electron chi connectivity index (χ0n) is 12.3. The lowest BCUT2D eigenvalue weighted by Gasteiger charge is -2.15. The largest absolute Gasteiger partial charge is 0.395 e. The number of aromatic nitrogens is 2. The van der Waals surface area contributed by atoms with Gasteiger partial charge in [0.15, 0.2) is 0 Å². The van der Waals surface area contributed by atoms with E-state index in [4.69, 9.17) is 16.7 Å². The fourth-order valence-electron chi connectivity index (χ4n) is 2.08. The monoisotopic (exact) mass is 322 g/mol. The van der Waals surface area contributed by atoms with E-state index in [1.165, 1.54) is 4.68 Å². The lowest BCUT2D eigenvalue weighted by atomic mass is 10.1. The molecular formula is C15H19ClN4O2. The molecule has 118 valence electrons. The van der Waals surface area contributed by atoms with E-state index in [0.717, 1.165) is 11.3 Å². The van der Waals surface area contributed by atoms with Gasteiger partial charge in [-0.25, -0.2) is 0 Å². The molecule has 7 heteroatoms. The summed E-state index contributed by atoms with van der Waals surface area (Å²) in [5.41, 5.74) is 1.81. The lowest BCUT2D eigenvalue weighted by molar-refractivity contribution is -0.122. The number of nitrogens with zero attached hydrogens (tertiary/aromatic N) is 2. The molecule has 0 aliphatic heterocycles. The van der Waals surface area contributed by atoms with Crippen molar-refractivity contribution in [3.63, 3.8) is 0 Å². The van der Waals surface area contributed by atoms with Gasteiger partial charge in [0.1, 0.15) is 6.54 Å². The van der Waals surface area contributed by atoms with Crippen molar-refractivity contribution >= 4 is 23.2 Å². The summed E-state index contributed by atoms with van der Waals surface area (Å²) in [5.74, 6) is -0.192. The van der Waals surface area contributed by atoms with E-state index < -0.39 is 0 Å². The average molecular weight is 323 g/mol. The minimum absolute atomic E-state index is 0.0227. The van der Waals surface area contributed by atoms with Crippen LogP contribution in [0.15, 0.2) is 36.7 Å². The summed E-state index contributed by atoms with van der Waals surface area (Å²) in [5, 5.41) is 19.4. The summed E-state index contributed by atoms with van der Waals surface area (Å²) in [6, 6.07) is 7.67. The third-order valence-corrected chi connectivity index (χ3v) is 3.47. The van der Waals surface area contributed by atoms with Crippen molar-refractivity contribution in [2.45, 2.75) is 19.5 Å². The molecule has 22 heavy (non-hydrogen) atoms. The number of aliphatic hydroxyl groups excluding tert-OH is 1. The van der Waals surface area contributed by atoms with Gasteiger partial charge in [-0.3, -0.25) is 9.48 Å². The molecule has 2 aromatic rings. The Morgan fingerprint density at radius 1 is 1.45 bits per heavy atom. The molecular weight excluding hydrogens is 304 g/mol. The number of carbonyl (C=O) groups is 1. The zero-order valence-corrected chi connectivity index (χ0v) is 13.0. The quantitative estimate of drug-likeness (QED) is 0.726. The van der Waals surface area contributed by atoms with Crippen LogP contribution in [0.25, 0.3) is 0 Å². The first-order valence-electron chi connectivity index (χ1n) is 7.01. The number of aliphatic hydroxyl groups is 1. The molecule has 1 amide bonds. The molecule has 6 nitrogen and oxygen atoms in total. The SMILES string of the molecule is CC(Nc1cnn(CC(=O)NCCO)c1)c1ccccc1Cl. The molecule has 0 saturated carbocycles. The Morgan fingerprint density at radius 3 is 2.95 bits per heavy atom. The minimum Gasteiger partial charge on any atom is -0.395 e. The summed E-state index contributed by atoms with van der Waals surface area (Å²) in [6.07, 6.45) is 3.42. The molecule has 0 aliphatic rings. The van der Waals surface area contributed by atoms with Gasteiger partial charge in [-0.2, -0.15) is 5.10 Å². The second kappa shape index (κ2) is 7.82. The Balaban J connectivity index is 1.94. The van der Waals surface area contributed by atoms with Crippen molar-refractivity contribution in [1.29, 1.82) is 0 Å². The summed E-state index contributed by atoms with van der Waals surface area (Å²) >= 11 is 6.17. The maximum absolute atomic E-state index is 11.5. The van der Waals surface area contributed by atoms with Crippen molar-refractivity contribution < 1.29 is 9.90 Å². The standard InChI is InChI=1S/C15H19ClN4O2/c1-11(13-4-2-3-5-14(13)16)19-12-8-18-20(9-12)10-15(22)17-6-7-21/h2-5,8-9,11,19,21H,6-7,10H2,1H3,(H,17,22). The van der Waals surface area contributed by atoms with E-state index in [0.29, 0.717) is 5.02 Å². The first kappa shape index (κ1) is 16.3. The van der Waals surface area contributed by atoms with Crippen LogP contribution in [0, 0.1) is 0 Å². The Hall–Kier alpha value is -2.05. The van der Waals surface area contributed by atoms with Crippen molar-refractivity contribution in [1.82, 2.24) is 15.1 Å². The molecule has 0 fully saturated rings. The van der Waals surface area contributed by atoms with Gasteiger partial charge in [0, 0.05) is 17.8 Å². The van der Waals surface area contributed by atoms with Crippen LogP contribution in [0.3, 0.4) is 0 Å². The first-order chi connectivity index (χ1) is 10.6. The molecule has 1 aromatic heterocycles. The molecule has 0 spiro atoms. The topological polar surface area (TPSA) is 79.2 Å². The molecule has 3 N–H and O–H groups in total. The van der Waals surface area contributed by atoms with Gasteiger partial charge in [-0.15, -0.1) is 0 Å². The van der Waals surface area contributed by atoms with Crippen LogP contribution in [0.2, 0.25) is 5.02 Å². The second-order valence-electron chi connectivity index (χ2n) is 4.89. The number of nitrogens with one attached hydrogen (secondary N) is 2. The number of anilines is 1. The Bertz CT molecular complexity index is 630. The summed E-state index contributed by atoms with van der Waals surface area (Å²) in [6.45, 7) is 2.29. The van der Waals surface area contributed by atoms with Crippen LogP contribution in [0.4, 0.5) is 5.69 Å². The van der Waals surface area contributed by atoms with Crippen LogP contribution >= 0.6 is 11.6 Å². The highest BCUT2D eigenvalue weighted by Crippen LogP contribution is 2.25. The number of halogens is 1. The van der Waals surface area contributed by atoms with E-state index in [2.05, 4.69) is 15.7 Å². The Labute approximate surface area is 134 Å². The number of hydrogen-bond donors (Lipinski definition) is 3. The van der Waals surface area contributed by atoms with Crippen LogP contribution in [0.5, 0.6) is 0 Å². The number of hydrogen-bond acceptors (Lipinski definition) is 4. The fourth-order valence-corrected chi connectivity index (χ4v) is 2.38. The highest BCUT2D eigenvalue weighted by atomic mass is 35.5. The molecule has 2 rings (SSSR count). The fraction of sp³-hybridized carbons (Fsp3) is 0.333. The van der Waals surface area contributed by atoms with Crippen LogP contribution in [0.1, 0.15) is 18.5 Å². The van der Waals surface area contributed by atoms with E-state index >= 15 is 0 Å². The normalized spacial score (nSPS) is 12.0. The summed E-state index contributed by atoms with van der Waals surface area (Å²) < 4.78 is 1.54. The van der Waals surface area contributed by atoms with Gasteiger partial charge < -0.3 is 15.7 Å². The van der Waals surface area contributed by atoms with E-state index in [1.54, 1.807) is 12.4 Å². The van der Waals surface area contributed by atoms with Gasteiger partial charge in [0.05, 0.1) is 24.5 Å². The maximum atomic E-state index is 11.5. The highest BCUT2D eigenvalue weighted by molar-refractivity contribution is 6.31. The van der Waals surface area contributed by atoms with E-state index in [-0.39, 0.29) is 31.6 Å². The zero-order chi connectivity index (χ0) is 15.9. The molecule has 1 atom stereocenters. The first-order valence-corrected chi connectivity index (χ1v) is 7.39. The van der Waals surface area contributed by atoms with Crippen molar-refractivity contribution in [3.05, 3.63) is 47.2 Å². The minimum atomic E-state index is -0.192. The van der Waals surface area contributed by atoms with Crippen molar-refractivity contribution in [2.24, 2.45) is 0 Å². The molecule has 1 aromatic carbocycles. The third kappa shape index (κ3) is 4.47.